The third-order valence-corrected chi connectivity index (χ3v) is 5.01. The molecule has 2 aromatic rings. The van der Waals surface area contributed by atoms with Crippen molar-refractivity contribution < 1.29 is 23.1 Å². The van der Waals surface area contributed by atoms with Crippen LogP contribution in [0, 0.1) is 0 Å². The van der Waals surface area contributed by atoms with Crippen molar-refractivity contribution >= 4 is 33.8 Å². The van der Waals surface area contributed by atoms with Gasteiger partial charge in [0.2, 0.25) is 6.17 Å². The lowest BCUT2D eigenvalue weighted by atomic mass is 10.2. The molecule has 0 aromatic heterocycles. The normalized spacial score (nSPS) is 17.6. The third kappa shape index (κ3) is 3.11. The number of carbonyl (C=O) groups is 2. The fourth-order valence-corrected chi connectivity index (χ4v) is 3.69. The fraction of sp³-hybridized carbons (Fsp3) is 0.0588. The van der Waals surface area contributed by atoms with E-state index in [-0.39, 0.29) is 0 Å². The first-order valence-corrected chi connectivity index (χ1v) is 8.81. The number of sulfonamides is 1. The van der Waals surface area contributed by atoms with E-state index in [1.807, 2.05) is 0 Å². The van der Waals surface area contributed by atoms with Crippen LogP contribution in [0.2, 0.25) is 0 Å². The van der Waals surface area contributed by atoms with Crippen molar-refractivity contribution in [3.63, 3.8) is 0 Å². The van der Waals surface area contributed by atoms with E-state index in [0.29, 0.717) is 15.6 Å². The summed E-state index contributed by atoms with van der Waals surface area (Å²) >= 11 is 0. The molecule has 3 rings (SSSR count). The maximum absolute atomic E-state index is 12.4. The number of anilines is 1. The number of amides is 2. The van der Waals surface area contributed by atoms with Crippen LogP contribution >= 0.6 is 0 Å². The molecule has 0 bridgehead atoms. The quantitative estimate of drug-likeness (QED) is 0.885. The van der Waals surface area contributed by atoms with Crippen molar-refractivity contribution in [2.24, 2.45) is 0 Å². The van der Waals surface area contributed by atoms with Gasteiger partial charge in [-0.2, -0.15) is 4.31 Å². The zero-order valence-corrected chi connectivity index (χ0v) is 13.7. The molecule has 0 radical (unpaired) electrons. The second-order valence-electron chi connectivity index (χ2n) is 5.25. The molecule has 1 saturated heterocycles. The van der Waals surface area contributed by atoms with Gasteiger partial charge in [0.25, 0.3) is 10.0 Å². The van der Waals surface area contributed by atoms with Gasteiger partial charge in [0.1, 0.15) is 0 Å². The van der Waals surface area contributed by atoms with Crippen molar-refractivity contribution in [2.75, 3.05) is 4.90 Å². The number of carboxylic acid groups (broad SMARTS) is 1. The molecule has 2 amide bonds. The largest absolute Gasteiger partial charge is 0.478 e. The second-order valence-corrected chi connectivity index (χ2v) is 6.95. The standard InChI is InChI=1S/C17H14N2O5S/c20-16(21)15-18(14-9-5-2-6-10-14)17(22)19(15)25(23,24)12-11-13-7-3-1-4-8-13/h1-12,15H,(H,20,21)/b12-11+. The molecule has 0 spiro atoms. The van der Waals surface area contributed by atoms with Crippen molar-refractivity contribution in [1.29, 1.82) is 0 Å². The lowest BCUT2D eigenvalue weighted by Gasteiger charge is -2.45. The zero-order chi connectivity index (χ0) is 18.0. The van der Waals surface area contributed by atoms with Crippen LogP contribution in [0.1, 0.15) is 5.56 Å². The Kier molecular flexibility index (Phi) is 4.28. The summed E-state index contributed by atoms with van der Waals surface area (Å²) in [4.78, 5) is 24.8. The molecule has 1 atom stereocenters. The van der Waals surface area contributed by atoms with E-state index in [2.05, 4.69) is 0 Å². The molecule has 0 aliphatic carbocycles. The first-order chi connectivity index (χ1) is 11.9. The van der Waals surface area contributed by atoms with Gasteiger partial charge in [-0.25, -0.2) is 18.0 Å². The lowest BCUT2D eigenvalue weighted by molar-refractivity contribution is -0.142. The molecule has 128 valence electrons. The zero-order valence-electron chi connectivity index (χ0n) is 12.9. The molecular weight excluding hydrogens is 344 g/mol. The lowest BCUT2D eigenvalue weighted by Crippen LogP contribution is -2.72. The average Bonchev–Trinajstić information content (AvgIpc) is 2.59. The van der Waals surface area contributed by atoms with Crippen LogP contribution in [0.25, 0.3) is 6.08 Å². The average molecular weight is 358 g/mol. The number of rotatable bonds is 5. The van der Waals surface area contributed by atoms with E-state index < -0.39 is 28.2 Å². The van der Waals surface area contributed by atoms with E-state index in [4.69, 9.17) is 0 Å². The van der Waals surface area contributed by atoms with Gasteiger partial charge in [-0.15, -0.1) is 0 Å². The molecule has 1 aliphatic heterocycles. The first-order valence-electron chi connectivity index (χ1n) is 7.30. The molecule has 0 saturated carbocycles. The number of para-hydroxylation sites is 1. The summed E-state index contributed by atoms with van der Waals surface area (Å²) in [6, 6.07) is 15.8. The smallest absolute Gasteiger partial charge is 0.349 e. The monoisotopic (exact) mass is 358 g/mol. The van der Waals surface area contributed by atoms with Gasteiger partial charge in [0.15, 0.2) is 0 Å². The van der Waals surface area contributed by atoms with E-state index in [1.165, 1.54) is 18.2 Å². The molecule has 1 N–H and O–H groups in total. The minimum atomic E-state index is -4.23. The molecule has 2 aromatic carbocycles. The molecule has 25 heavy (non-hydrogen) atoms. The third-order valence-electron chi connectivity index (χ3n) is 3.62. The number of aliphatic carboxylic acids is 1. The summed E-state index contributed by atoms with van der Waals surface area (Å²) in [5.41, 5.74) is 0.934. The maximum Gasteiger partial charge on any atom is 0.349 e. The van der Waals surface area contributed by atoms with Crippen molar-refractivity contribution in [3.8, 4) is 0 Å². The fourth-order valence-electron chi connectivity index (χ4n) is 2.46. The summed E-state index contributed by atoms with van der Waals surface area (Å²) in [5, 5.41) is 10.2. The van der Waals surface area contributed by atoms with Gasteiger partial charge in [-0.3, -0.25) is 4.90 Å². The van der Waals surface area contributed by atoms with Crippen LogP contribution in [-0.2, 0) is 14.8 Å². The second kappa shape index (κ2) is 6.40. The van der Waals surface area contributed by atoms with Gasteiger partial charge < -0.3 is 5.11 Å². The van der Waals surface area contributed by atoms with Gasteiger partial charge in [0.05, 0.1) is 5.41 Å². The summed E-state index contributed by atoms with van der Waals surface area (Å²) in [5.74, 6) is -1.43. The highest BCUT2D eigenvalue weighted by molar-refractivity contribution is 7.92. The Labute approximate surface area is 144 Å². The maximum atomic E-state index is 12.4. The molecule has 1 heterocycles. The van der Waals surface area contributed by atoms with E-state index in [0.717, 1.165) is 10.3 Å². The Morgan fingerprint density at radius 3 is 2.12 bits per heavy atom. The SMILES string of the molecule is O=C(O)C1N(c2ccccc2)C(=O)N1S(=O)(=O)/C=C/c1ccccc1. The molecule has 1 unspecified atom stereocenters. The number of hydrogen-bond acceptors (Lipinski definition) is 4. The summed E-state index contributed by atoms with van der Waals surface area (Å²) in [6.07, 6.45) is -0.299. The van der Waals surface area contributed by atoms with E-state index >= 15 is 0 Å². The van der Waals surface area contributed by atoms with Crippen LogP contribution in [0.15, 0.2) is 66.1 Å². The summed E-state index contributed by atoms with van der Waals surface area (Å²) < 4.78 is 25.2. The summed E-state index contributed by atoms with van der Waals surface area (Å²) in [7, 11) is -4.23. The van der Waals surface area contributed by atoms with Gasteiger partial charge in [-0.05, 0) is 23.8 Å². The number of hydrogen-bond donors (Lipinski definition) is 1. The number of carboxylic acids is 1. The Bertz CT molecular complexity index is 926. The minimum Gasteiger partial charge on any atom is -0.478 e. The Hall–Kier alpha value is -3.13. The van der Waals surface area contributed by atoms with Crippen LogP contribution in [0.3, 0.4) is 0 Å². The Morgan fingerprint density at radius 2 is 1.56 bits per heavy atom. The first kappa shape index (κ1) is 16.7. The van der Waals surface area contributed by atoms with Crippen molar-refractivity contribution in [1.82, 2.24) is 4.31 Å². The Balaban J connectivity index is 1.90. The number of nitrogens with zero attached hydrogens (tertiary/aromatic N) is 2. The minimum absolute atomic E-state index is 0.318. The highest BCUT2D eigenvalue weighted by atomic mass is 32.2. The Morgan fingerprint density at radius 1 is 1.00 bits per heavy atom. The predicted molar refractivity (Wildman–Crippen MR) is 92.0 cm³/mol. The topological polar surface area (TPSA) is 95.0 Å². The molecule has 7 nitrogen and oxygen atoms in total. The van der Waals surface area contributed by atoms with Crippen molar-refractivity contribution in [3.05, 3.63) is 71.6 Å². The van der Waals surface area contributed by atoms with E-state index in [9.17, 15) is 23.1 Å². The molecule has 1 aliphatic rings. The van der Waals surface area contributed by atoms with Crippen LogP contribution in [0.4, 0.5) is 10.5 Å². The highest BCUT2D eigenvalue weighted by Crippen LogP contribution is 2.32. The van der Waals surface area contributed by atoms with Crippen LogP contribution < -0.4 is 4.90 Å². The van der Waals surface area contributed by atoms with Crippen molar-refractivity contribution in [2.45, 2.75) is 6.17 Å². The van der Waals surface area contributed by atoms with Gasteiger partial charge in [0, 0.05) is 5.69 Å². The number of carbonyl (C=O) groups excluding carboxylic acids is 1. The van der Waals surface area contributed by atoms with Crippen LogP contribution in [-0.4, -0.2) is 36.0 Å². The summed E-state index contributed by atoms with van der Waals surface area (Å²) in [6.45, 7) is 0. The van der Waals surface area contributed by atoms with Gasteiger partial charge >= 0.3 is 12.0 Å². The van der Waals surface area contributed by atoms with Gasteiger partial charge in [-0.1, -0.05) is 48.5 Å². The molecule has 8 heteroatoms. The number of urea groups is 1. The van der Waals surface area contributed by atoms with E-state index in [1.54, 1.807) is 48.5 Å². The highest BCUT2D eigenvalue weighted by Gasteiger charge is 2.55. The number of benzene rings is 2. The molecular formula is C17H14N2O5S. The van der Waals surface area contributed by atoms with Crippen LogP contribution in [0.5, 0.6) is 0 Å². The predicted octanol–water partition coefficient (Wildman–Crippen LogP) is 2.34. The molecule has 1 fully saturated rings.